The molecule has 1 rings (SSSR count). The van der Waals surface area contributed by atoms with Gasteiger partial charge in [0.15, 0.2) is 9.84 Å². The summed E-state index contributed by atoms with van der Waals surface area (Å²) in [6, 6.07) is 4.92. The lowest BCUT2D eigenvalue weighted by molar-refractivity contribution is 0.602. The van der Waals surface area contributed by atoms with E-state index in [1.54, 1.807) is 18.2 Å². The normalized spacial score (nSPS) is 11.5. The van der Waals surface area contributed by atoms with Crippen molar-refractivity contribution in [3.8, 4) is 0 Å². The minimum Gasteiger partial charge on any atom is -0.398 e. The van der Waals surface area contributed by atoms with E-state index in [9.17, 15) is 8.42 Å². The third-order valence-electron chi connectivity index (χ3n) is 1.38. The van der Waals surface area contributed by atoms with Gasteiger partial charge in [-0.25, -0.2) is 8.42 Å². The molecule has 0 radical (unpaired) electrons. The third-order valence-corrected chi connectivity index (χ3v) is 3.20. The highest BCUT2D eigenvalue weighted by Crippen LogP contribution is 2.20. The summed E-state index contributed by atoms with van der Waals surface area (Å²) in [6.45, 7) is 0. The van der Waals surface area contributed by atoms with Gasteiger partial charge in [-0.05, 0) is 40.8 Å². The van der Waals surface area contributed by atoms with Crippen LogP contribution >= 0.6 is 22.6 Å². The summed E-state index contributed by atoms with van der Waals surface area (Å²) in [5.41, 5.74) is 5.80. The van der Waals surface area contributed by atoms with Gasteiger partial charge in [0.2, 0.25) is 0 Å². The molecule has 5 heteroatoms. The molecule has 0 aliphatic rings. The molecule has 0 heterocycles. The summed E-state index contributed by atoms with van der Waals surface area (Å²) in [6.07, 6.45) is 1.15. The van der Waals surface area contributed by atoms with Gasteiger partial charge in [0.25, 0.3) is 0 Å². The van der Waals surface area contributed by atoms with Crippen molar-refractivity contribution in [1.82, 2.24) is 0 Å². The summed E-state index contributed by atoms with van der Waals surface area (Å²) in [7, 11) is -3.19. The Morgan fingerprint density at radius 3 is 2.42 bits per heavy atom. The number of benzene rings is 1. The number of rotatable bonds is 1. The van der Waals surface area contributed by atoms with Crippen LogP contribution in [0.2, 0.25) is 0 Å². The molecule has 0 atom stereocenters. The SMILES string of the molecule is CS(=O)(=O)c1cc(I)ccc1N. The van der Waals surface area contributed by atoms with Crippen molar-refractivity contribution in [2.45, 2.75) is 4.90 Å². The monoisotopic (exact) mass is 297 g/mol. The number of hydrogen-bond acceptors (Lipinski definition) is 3. The zero-order chi connectivity index (χ0) is 9.35. The number of nitrogens with two attached hydrogens (primary N) is 1. The molecule has 0 aliphatic carbocycles. The van der Waals surface area contributed by atoms with E-state index in [1.165, 1.54) is 0 Å². The van der Waals surface area contributed by atoms with Crippen LogP contribution in [0, 0.1) is 3.57 Å². The van der Waals surface area contributed by atoms with E-state index >= 15 is 0 Å². The smallest absolute Gasteiger partial charge is 0.177 e. The quantitative estimate of drug-likeness (QED) is 0.627. The van der Waals surface area contributed by atoms with E-state index in [2.05, 4.69) is 0 Å². The van der Waals surface area contributed by atoms with Crippen molar-refractivity contribution in [3.63, 3.8) is 0 Å². The first kappa shape index (κ1) is 9.79. The molecule has 0 bridgehead atoms. The van der Waals surface area contributed by atoms with Crippen LogP contribution in [-0.4, -0.2) is 14.7 Å². The van der Waals surface area contributed by atoms with Crippen molar-refractivity contribution in [2.75, 3.05) is 12.0 Å². The highest BCUT2D eigenvalue weighted by Gasteiger charge is 2.10. The largest absolute Gasteiger partial charge is 0.398 e. The molecule has 0 fully saturated rings. The Bertz CT molecular complexity index is 400. The first-order valence-electron chi connectivity index (χ1n) is 3.16. The van der Waals surface area contributed by atoms with Crippen LogP contribution < -0.4 is 5.73 Å². The van der Waals surface area contributed by atoms with Crippen LogP contribution in [0.15, 0.2) is 23.1 Å². The van der Waals surface area contributed by atoms with Gasteiger partial charge in [-0.1, -0.05) is 0 Å². The Hall–Kier alpha value is -0.300. The standard InChI is InChI=1S/C7H8INO2S/c1-12(10,11)7-4-5(8)2-3-6(7)9/h2-4H,9H2,1H3. The second-order valence-corrected chi connectivity index (χ2v) is 5.68. The second kappa shape index (κ2) is 3.21. The zero-order valence-corrected chi connectivity index (χ0v) is 9.39. The molecule has 0 amide bonds. The Balaban J connectivity index is 3.43. The minimum atomic E-state index is -3.19. The highest BCUT2D eigenvalue weighted by atomic mass is 127. The average Bonchev–Trinajstić information content (AvgIpc) is 1.92. The zero-order valence-electron chi connectivity index (χ0n) is 6.41. The van der Waals surface area contributed by atoms with Crippen molar-refractivity contribution >= 4 is 38.1 Å². The molecule has 1 aromatic carbocycles. The summed E-state index contributed by atoms with van der Waals surface area (Å²) < 4.78 is 23.1. The second-order valence-electron chi connectivity index (χ2n) is 2.45. The molecule has 12 heavy (non-hydrogen) atoms. The molecule has 1 aromatic rings. The Kier molecular flexibility index (Phi) is 2.62. The predicted octanol–water partition coefficient (Wildman–Crippen LogP) is 1.28. The first-order valence-corrected chi connectivity index (χ1v) is 6.13. The molecular weight excluding hydrogens is 289 g/mol. The lowest BCUT2D eigenvalue weighted by atomic mass is 10.3. The summed E-state index contributed by atoms with van der Waals surface area (Å²) in [5.74, 6) is 0. The fraction of sp³-hybridized carbons (Fsp3) is 0.143. The first-order chi connectivity index (χ1) is 5.41. The minimum absolute atomic E-state index is 0.203. The van der Waals surface area contributed by atoms with E-state index in [0.717, 1.165) is 9.83 Å². The van der Waals surface area contributed by atoms with Gasteiger partial charge in [0, 0.05) is 9.83 Å². The third kappa shape index (κ3) is 2.10. The van der Waals surface area contributed by atoms with Gasteiger partial charge in [-0.2, -0.15) is 0 Å². The molecule has 3 nitrogen and oxygen atoms in total. The molecule has 0 aliphatic heterocycles. The van der Waals surface area contributed by atoms with Crippen molar-refractivity contribution in [2.24, 2.45) is 0 Å². The predicted molar refractivity (Wildman–Crippen MR) is 56.7 cm³/mol. The van der Waals surface area contributed by atoms with E-state index in [-0.39, 0.29) is 4.90 Å². The van der Waals surface area contributed by atoms with Crippen LogP contribution in [0.25, 0.3) is 0 Å². The topological polar surface area (TPSA) is 60.2 Å². The van der Waals surface area contributed by atoms with E-state index in [4.69, 9.17) is 5.73 Å². The molecule has 0 spiro atoms. The van der Waals surface area contributed by atoms with Gasteiger partial charge in [0.05, 0.1) is 10.6 Å². The molecular formula is C7H8INO2S. The Morgan fingerprint density at radius 1 is 1.42 bits per heavy atom. The van der Waals surface area contributed by atoms with E-state index in [0.29, 0.717) is 5.69 Å². The van der Waals surface area contributed by atoms with Crippen LogP contribution in [0.1, 0.15) is 0 Å². The molecule has 0 aromatic heterocycles. The van der Waals surface area contributed by atoms with Gasteiger partial charge in [0.1, 0.15) is 0 Å². The lowest BCUT2D eigenvalue weighted by Crippen LogP contribution is -2.02. The fourth-order valence-corrected chi connectivity index (χ4v) is 2.37. The van der Waals surface area contributed by atoms with Crippen LogP contribution in [0.4, 0.5) is 5.69 Å². The van der Waals surface area contributed by atoms with Crippen LogP contribution in [0.5, 0.6) is 0 Å². The maximum atomic E-state index is 11.1. The highest BCUT2D eigenvalue weighted by molar-refractivity contribution is 14.1. The van der Waals surface area contributed by atoms with Crippen molar-refractivity contribution in [3.05, 3.63) is 21.8 Å². The maximum absolute atomic E-state index is 11.1. The molecule has 66 valence electrons. The molecule has 0 unspecified atom stereocenters. The van der Waals surface area contributed by atoms with Crippen molar-refractivity contribution < 1.29 is 8.42 Å². The Labute approximate surface area is 85.0 Å². The number of nitrogen functional groups attached to an aromatic ring is 1. The average molecular weight is 297 g/mol. The number of anilines is 1. The lowest BCUT2D eigenvalue weighted by Gasteiger charge is -2.02. The van der Waals surface area contributed by atoms with Crippen LogP contribution in [-0.2, 0) is 9.84 Å². The van der Waals surface area contributed by atoms with Crippen molar-refractivity contribution in [1.29, 1.82) is 0 Å². The summed E-state index contributed by atoms with van der Waals surface area (Å²) >= 11 is 2.04. The summed E-state index contributed by atoms with van der Waals surface area (Å²) in [5, 5.41) is 0. The number of sulfone groups is 1. The van der Waals surface area contributed by atoms with Gasteiger partial charge in [-0.15, -0.1) is 0 Å². The van der Waals surface area contributed by atoms with Gasteiger partial charge >= 0.3 is 0 Å². The van der Waals surface area contributed by atoms with Crippen LogP contribution in [0.3, 0.4) is 0 Å². The molecule has 2 N–H and O–H groups in total. The van der Waals surface area contributed by atoms with E-state index in [1.807, 2.05) is 22.6 Å². The maximum Gasteiger partial charge on any atom is 0.177 e. The number of hydrogen-bond donors (Lipinski definition) is 1. The molecule has 0 saturated carbocycles. The Morgan fingerprint density at radius 2 is 2.00 bits per heavy atom. The molecule has 0 saturated heterocycles. The summed E-state index contributed by atoms with van der Waals surface area (Å²) in [4.78, 5) is 0.203. The van der Waals surface area contributed by atoms with Gasteiger partial charge < -0.3 is 5.73 Å². The fourth-order valence-electron chi connectivity index (χ4n) is 0.829. The van der Waals surface area contributed by atoms with E-state index < -0.39 is 9.84 Å². The number of halogens is 1. The van der Waals surface area contributed by atoms with Gasteiger partial charge in [-0.3, -0.25) is 0 Å².